The molecule has 0 saturated heterocycles. The van der Waals surface area contributed by atoms with Gasteiger partial charge in [-0.05, 0) is 18.9 Å². The summed E-state index contributed by atoms with van der Waals surface area (Å²) in [5.74, 6) is 0. The topological polar surface area (TPSA) is 32.9 Å². The van der Waals surface area contributed by atoms with Crippen LogP contribution in [0.25, 0.3) is 0 Å². The predicted octanol–water partition coefficient (Wildman–Crippen LogP) is 2.84. The minimum atomic E-state index is -0.00159. The van der Waals surface area contributed by atoms with Crippen molar-refractivity contribution in [2.24, 2.45) is 0 Å². The van der Waals surface area contributed by atoms with Crippen LogP contribution in [-0.4, -0.2) is 4.98 Å². The molecular weight excluding hydrogens is 174 g/mol. The van der Waals surface area contributed by atoms with Crippen LogP contribution in [0.2, 0.25) is 0 Å². The summed E-state index contributed by atoms with van der Waals surface area (Å²) in [7, 11) is 0. The Kier molecular flexibility index (Phi) is 3.50. The van der Waals surface area contributed by atoms with Gasteiger partial charge in [0.2, 0.25) is 5.56 Å². The van der Waals surface area contributed by atoms with Crippen molar-refractivity contribution in [2.75, 3.05) is 0 Å². The molecule has 14 heavy (non-hydrogen) atoms. The van der Waals surface area contributed by atoms with Crippen molar-refractivity contribution in [1.29, 1.82) is 0 Å². The van der Waals surface area contributed by atoms with Gasteiger partial charge in [0.15, 0.2) is 0 Å². The van der Waals surface area contributed by atoms with Gasteiger partial charge in [-0.3, -0.25) is 4.79 Å². The fraction of sp³-hybridized carbons (Fsp3) is 0.583. The molecule has 0 saturated carbocycles. The Morgan fingerprint density at radius 1 is 1.36 bits per heavy atom. The minimum absolute atomic E-state index is 0.00159. The number of hydrogen-bond acceptors (Lipinski definition) is 1. The molecule has 0 bridgehead atoms. The van der Waals surface area contributed by atoms with Crippen LogP contribution in [-0.2, 0) is 5.41 Å². The molecule has 0 fully saturated rings. The molecular formula is C12H19NO. The number of aromatic amines is 1. The Morgan fingerprint density at radius 2 is 2.07 bits per heavy atom. The van der Waals surface area contributed by atoms with Crippen molar-refractivity contribution < 1.29 is 0 Å². The number of H-pyrrole nitrogens is 1. The quantitative estimate of drug-likeness (QED) is 0.783. The summed E-state index contributed by atoms with van der Waals surface area (Å²) in [6.07, 6.45) is 3.31. The first kappa shape index (κ1) is 11.0. The summed E-state index contributed by atoms with van der Waals surface area (Å²) in [5.41, 5.74) is 1.18. The van der Waals surface area contributed by atoms with Gasteiger partial charge in [0.1, 0.15) is 0 Å². The first-order chi connectivity index (χ1) is 6.62. The van der Waals surface area contributed by atoms with Gasteiger partial charge in [0.25, 0.3) is 0 Å². The summed E-state index contributed by atoms with van der Waals surface area (Å²) in [5, 5.41) is 0. The van der Waals surface area contributed by atoms with Crippen LogP contribution in [0, 0.1) is 0 Å². The number of aromatic nitrogens is 1. The van der Waals surface area contributed by atoms with E-state index in [1.165, 1.54) is 0 Å². The van der Waals surface area contributed by atoms with Gasteiger partial charge in [-0.1, -0.05) is 33.3 Å². The SMILES string of the molecule is CCCC(C)(CC)c1cccc(=O)[nH]1. The van der Waals surface area contributed by atoms with E-state index in [1.54, 1.807) is 6.07 Å². The van der Waals surface area contributed by atoms with Crippen LogP contribution in [0.3, 0.4) is 0 Å². The molecule has 1 rings (SSSR count). The molecule has 0 aromatic carbocycles. The molecule has 1 aromatic heterocycles. The van der Waals surface area contributed by atoms with Crippen molar-refractivity contribution in [3.8, 4) is 0 Å². The molecule has 1 heterocycles. The Labute approximate surface area is 85.4 Å². The maximum absolute atomic E-state index is 11.2. The van der Waals surface area contributed by atoms with E-state index in [-0.39, 0.29) is 11.0 Å². The molecule has 0 aliphatic rings. The summed E-state index contributed by atoms with van der Waals surface area (Å²) in [6.45, 7) is 6.55. The van der Waals surface area contributed by atoms with Crippen LogP contribution in [0.1, 0.15) is 45.7 Å². The van der Waals surface area contributed by atoms with E-state index in [9.17, 15) is 4.79 Å². The fourth-order valence-electron chi connectivity index (χ4n) is 1.85. The monoisotopic (exact) mass is 193 g/mol. The number of rotatable bonds is 4. The number of pyridine rings is 1. The van der Waals surface area contributed by atoms with Gasteiger partial charge in [-0.15, -0.1) is 0 Å². The van der Waals surface area contributed by atoms with E-state index in [1.807, 2.05) is 12.1 Å². The van der Waals surface area contributed by atoms with Crippen molar-refractivity contribution >= 4 is 0 Å². The molecule has 1 aromatic rings. The van der Waals surface area contributed by atoms with Crippen LogP contribution in [0.15, 0.2) is 23.0 Å². The average Bonchev–Trinajstić information content (AvgIpc) is 2.18. The van der Waals surface area contributed by atoms with E-state index >= 15 is 0 Å². The Morgan fingerprint density at radius 3 is 2.57 bits per heavy atom. The molecule has 0 spiro atoms. The second kappa shape index (κ2) is 4.45. The smallest absolute Gasteiger partial charge is 0.248 e. The maximum atomic E-state index is 11.2. The van der Waals surface area contributed by atoms with E-state index < -0.39 is 0 Å². The lowest BCUT2D eigenvalue weighted by Crippen LogP contribution is -2.24. The highest BCUT2D eigenvalue weighted by Gasteiger charge is 2.23. The number of nitrogens with one attached hydrogen (secondary N) is 1. The minimum Gasteiger partial charge on any atom is -0.326 e. The normalized spacial score (nSPS) is 15.1. The van der Waals surface area contributed by atoms with E-state index in [4.69, 9.17) is 0 Å². The van der Waals surface area contributed by atoms with Crippen LogP contribution in [0.4, 0.5) is 0 Å². The van der Waals surface area contributed by atoms with Crippen LogP contribution in [0.5, 0.6) is 0 Å². The second-order valence-electron chi connectivity index (χ2n) is 4.09. The molecule has 2 heteroatoms. The van der Waals surface area contributed by atoms with Gasteiger partial charge in [0, 0.05) is 17.2 Å². The zero-order valence-electron chi connectivity index (χ0n) is 9.26. The fourth-order valence-corrected chi connectivity index (χ4v) is 1.85. The van der Waals surface area contributed by atoms with Gasteiger partial charge >= 0.3 is 0 Å². The zero-order valence-corrected chi connectivity index (χ0v) is 9.26. The van der Waals surface area contributed by atoms with Crippen molar-refractivity contribution in [1.82, 2.24) is 4.98 Å². The third kappa shape index (κ3) is 2.25. The lowest BCUT2D eigenvalue weighted by molar-refractivity contribution is 0.401. The van der Waals surface area contributed by atoms with Crippen molar-refractivity contribution in [3.63, 3.8) is 0 Å². The second-order valence-corrected chi connectivity index (χ2v) is 4.09. The molecule has 1 unspecified atom stereocenters. The Hall–Kier alpha value is -1.05. The highest BCUT2D eigenvalue weighted by atomic mass is 16.1. The third-order valence-electron chi connectivity index (χ3n) is 3.00. The first-order valence-corrected chi connectivity index (χ1v) is 5.32. The summed E-state index contributed by atoms with van der Waals surface area (Å²) in [4.78, 5) is 14.1. The molecule has 2 nitrogen and oxygen atoms in total. The first-order valence-electron chi connectivity index (χ1n) is 5.32. The van der Waals surface area contributed by atoms with Gasteiger partial charge in [-0.2, -0.15) is 0 Å². The summed E-state index contributed by atoms with van der Waals surface area (Å²) < 4.78 is 0. The van der Waals surface area contributed by atoms with E-state index in [0.29, 0.717) is 0 Å². The molecule has 1 atom stereocenters. The summed E-state index contributed by atoms with van der Waals surface area (Å²) in [6, 6.07) is 5.41. The number of hydrogen-bond donors (Lipinski definition) is 1. The standard InChI is InChI=1S/C12H19NO/c1-4-9-12(3,5-2)10-7-6-8-11(14)13-10/h6-8H,4-5,9H2,1-3H3,(H,13,14). The molecule has 1 N–H and O–H groups in total. The molecule has 0 amide bonds. The van der Waals surface area contributed by atoms with Gasteiger partial charge in [0.05, 0.1) is 0 Å². The largest absolute Gasteiger partial charge is 0.326 e. The Balaban J connectivity index is 3.05. The highest BCUT2D eigenvalue weighted by molar-refractivity contribution is 5.15. The highest BCUT2D eigenvalue weighted by Crippen LogP contribution is 2.29. The van der Waals surface area contributed by atoms with Gasteiger partial charge < -0.3 is 4.98 Å². The lowest BCUT2D eigenvalue weighted by Gasteiger charge is -2.27. The average molecular weight is 193 g/mol. The zero-order chi connectivity index (χ0) is 10.6. The van der Waals surface area contributed by atoms with Crippen LogP contribution < -0.4 is 5.56 Å². The molecule has 78 valence electrons. The molecule has 0 radical (unpaired) electrons. The van der Waals surface area contributed by atoms with E-state index in [0.717, 1.165) is 25.0 Å². The van der Waals surface area contributed by atoms with Crippen molar-refractivity contribution in [3.05, 3.63) is 34.2 Å². The predicted molar refractivity (Wildman–Crippen MR) is 59.6 cm³/mol. The lowest BCUT2D eigenvalue weighted by atomic mass is 9.79. The maximum Gasteiger partial charge on any atom is 0.248 e. The van der Waals surface area contributed by atoms with Crippen molar-refractivity contribution in [2.45, 2.75) is 45.4 Å². The molecule has 0 aliphatic heterocycles. The molecule has 0 aliphatic carbocycles. The summed E-state index contributed by atoms with van der Waals surface area (Å²) >= 11 is 0. The van der Waals surface area contributed by atoms with Crippen LogP contribution >= 0.6 is 0 Å². The Bertz CT molecular complexity index is 342. The van der Waals surface area contributed by atoms with Gasteiger partial charge in [-0.25, -0.2) is 0 Å². The van der Waals surface area contributed by atoms with E-state index in [2.05, 4.69) is 25.8 Å². The third-order valence-corrected chi connectivity index (χ3v) is 3.00.